The van der Waals surface area contributed by atoms with Gasteiger partial charge in [-0.3, -0.25) is 0 Å². The number of hydrogen-bond donors (Lipinski definition) is 1. The van der Waals surface area contributed by atoms with Crippen molar-refractivity contribution in [2.45, 2.75) is 52.2 Å². The molecule has 0 spiro atoms. The zero-order chi connectivity index (χ0) is 16.4. The first-order valence-corrected chi connectivity index (χ1v) is 9.22. The number of aliphatic hydroxyl groups is 1. The maximum Gasteiger partial charge on any atom is 0.0845 e. The Balaban J connectivity index is 1.96. The van der Waals surface area contributed by atoms with Gasteiger partial charge in [0.05, 0.1) is 23.2 Å². The topological polar surface area (TPSA) is 28.4 Å². The van der Waals surface area contributed by atoms with Crippen LogP contribution in [-0.2, 0) is 19.4 Å². The van der Waals surface area contributed by atoms with Crippen molar-refractivity contribution in [3.8, 4) is 0 Å². The molecule has 0 aliphatic heterocycles. The van der Waals surface area contributed by atoms with E-state index in [1.165, 1.54) is 29.5 Å². The van der Waals surface area contributed by atoms with E-state index in [9.17, 15) is 5.11 Å². The van der Waals surface area contributed by atoms with E-state index < -0.39 is 0 Å². The van der Waals surface area contributed by atoms with Crippen molar-refractivity contribution in [1.82, 2.24) is 9.47 Å². The molecule has 0 bridgehead atoms. The Kier molecular flexibility index (Phi) is 5.30. The van der Waals surface area contributed by atoms with Crippen molar-refractivity contribution in [2.75, 3.05) is 19.6 Å². The van der Waals surface area contributed by atoms with E-state index in [1.807, 2.05) is 12.1 Å². The number of nitrogens with zero attached hydrogens (tertiary/aromatic N) is 2. The average molecular weight is 335 g/mol. The fourth-order valence-corrected chi connectivity index (χ4v) is 4.17. The SMILES string of the molecule is CCN(CC)C[C@@H](O)Cn1c2c(c3cccc(Cl)c31)CCCC2. The van der Waals surface area contributed by atoms with E-state index in [4.69, 9.17) is 11.6 Å². The molecule has 3 nitrogen and oxygen atoms in total. The zero-order valence-corrected chi connectivity index (χ0v) is 14.9. The molecule has 4 heteroatoms. The molecule has 1 atom stereocenters. The average Bonchev–Trinajstić information content (AvgIpc) is 2.88. The van der Waals surface area contributed by atoms with Gasteiger partial charge in [0.15, 0.2) is 0 Å². The summed E-state index contributed by atoms with van der Waals surface area (Å²) in [5, 5.41) is 12.7. The van der Waals surface area contributed by atoms with E-state index in [0.29, 0.717) is 13.1 Å². The molecule has 1 aliphatic carbocycles. The predicted molar refractivity (Wildman–Crippen MR) is 97.4 cm³/mol. The molecule has 0 saturated heterocycles. The van der Waals surface area contributed by atoms with Gasteiger partial charge < -0.3 is 14.6 Å². The van der Waals surface area contributed by atoms with Crippen LogP contribution < -0.4 is 0 Å². The standard InChI is InChI=1S/C19H27ClN2O/c1-3-21(4-2)12-14(23)13-22-18-11-6-5-8-15(18)16-9-7-10-17(20)19(16)22/h7,9-10,14,23H,3-6,8,11-13H2,1-2H3/t14-/m1/s1. The minimum Gasteiger partial charge on any atom is -0.390 e. The van der Waals surface area contributed by atoms with Crippen LogP contribution in [0.3, 0.4) is 0 Å². The third kappa shape index (κ3) is 3.28. The van der Waals surface area contributed by atoms with Gasteiger partial charge >= 0.3 is 0 Å². The maximum absolute atomic E-state index is 10.6. The quantitative estimate of drug-likeness (QED) is 0.868. The number of para-hydroxylation sites is 1. The molecule has 0 fully saturated rings. The summed E-state index contributed by atoms with van der Waals surface area (Å²) in [7, 11) is 0. The lowest BCUT2D eigenvalue weighted by Gasteiger charge is -2.24. The van der Waals surface area contributed by atoms with E-state index in [1.54, 1.807) is 0 Å². The number of aromatic nitrogens is 1. The van der Waals surface area contributed by atoms with Gasteiger partial charge in [0, 0.05) is 17.6 Å². The number of aliphatic hydroxyl groups excluding tert-OH is 1. The van der Waals surface area contributed by atoms with Gasteiger partial charge in [0.25, 0.3) is 0 Å². The molecular formula is C19H27ClN2O. The Labute approximate surface area is 143 Å². The van der Waals surface area contributed by atoms with Crippen LogP contribution in [0.15, 0.2) is 18.2 Å². The lowest BCUT2D eigenvalue weighted by Crippen LogP contribution is -2.34. The van der Waals surface area contributed by atoms with Crippen molar-refractivity contribution in [3.05, 3.63) is 34.5 Å². The Bertz CT molecular complexity index is 676. The van der Waals surface area contributed by atoms with Gasteiger partial charge in [0.1, 0.15) is 0 Å². The summed E-state index contributed by atoms with van der Waals surface area (Å²) >= 11 is 6.51. The van der Waals surface area contributed by atoms with Crippen molar-refractivity contribution in [1.29, 1.82) is 0 Å². The molecular weight excluding hydrogens is 308 g/mol. The molecule has 1 aromatic carbocycles. The van der Waals surface area contributed by atoms with E-state index in [-0.39, 0.29) is 6.10 Å². The van der Waals surface area contributed by atoms with Crippen LogP contribution in [0.5, 0.6) is 0 Å². The van der Waals surface area contributed by atoms with Gasteiger partial charge in [-0.2, -0.15) is 0 Å². The molecule has 0 unspecified atom stereocenters. The lowest BCUT2D eigenvalue weighted by atomic mass is 9.95. The summed E-state index contributed by atoms with van der Waals surface area (Å²) in [5.41, 5.74) is 3.95. The summed E-state index contributed by atoms with van der Waals surface area (Å²) in [5.74, 6) is 0. The molecule has 0 amide bonds. The first kappa shape index (κ1) is 16.8. The second-order valence-corrected chi connectivity index (χ2v) is 6.93. The molecule has 1 aromatic heterocycles. The fraction of sp³-hybridized carbons (Fsp3) is 0.579. The number of halogens is 1. The predicted octanol–water partition coefficient (Wildman–Crippen LogP) is 3.88. The van der Waals surface area contributed by atoms with Gasteiger partial charge in [-0.1, -0.05) is 37.6 Å². The molecule has 0 radical (unpaired) electrons. The summed E-state index contributed by atoms with van der Waals surface area (Å²) in [6.45, 7) is 7.57. The molecule has 2 aromatic rings. The summed E-state index contributed by atoms with van der Waals surface area (Å²) in [6.07, 6.45) is 4.34. The first-order valence-electron chi connectivity index (χ1n) is 8.84. The zero-order valence-electron chi connectivity index (χ0n) is 14.2. The molecule has 23 heavy (non-hydrogen) atoms. The highest BCUT2D eigenvalue weighted by Gasteiger charge is 2.23. The van der Waals surface area contributed by atoms with Crippen LogP contribution in [0.25, 0.3) is 10.9 Å². The number of aryl methyl sites for hydroxylation is 1. The van der Waals surface area contributed by atoms with Crippen LogP contribution in [0, 0.1) is 0 Å². The second kappa shape index (κ2) is 7.25. The Morgan fingerprint density at radius 2 is 1.96 bits per heavy atom. The number of fused-ring (bicyclic) bond motifs is 3. The number of hydrogen-bond acceptors (Lipinski definition) is 2. The summed E-state index contributed by atoms with van der Waals surface area (Å²) in [4.78, 5) is 2.27. The fourth-order valence-electron chi connectivity index (χ4n) is 3.90. The van der Waals surface area contributed by atoms with Crippen molar-refractivity contribution < 1.29 is 5.11 Å². The van der Waals surface area contributed by atoms with E-state index in [2.05, 4.69) is 29.4 Å². The van der Waals surface area contributed by atoms with Crippen molar-refractivity contribution in [3.63, 3.8) is 0 Å². The second-order valence-electron chi connectivity index (χ2n) is 6.52. The van der Waals surface area contributed by atoms with Crippen LogP contribution in [-0.4, -0.2) is 40.3 Å². The highest BCUT2D eigenvalue weighted by Crippen LogP contribution is 2.35. The highest BCUT2D eigenvalue weighted by molar-refractivity contribution is 6.35. The summed E-state index contributed by atoms with van der Waals surface area (Å²) in [6, 6.07) is 6.18. The number of benzene rings is 1. The minimum atomic E-state index is -0.368. The Morgan fingerprint density at radius 3 is 2.70 bits per heavy atom. The van der Waals surface area contributed by atoms with Crippen LogP contribution >= 0.6 is 11.6 Å². The molecule has 1 N–H and O–H groups in total. The van der Waals surface area contributed by atoms with Crippen LogP contribution in [0.1, 0.15) is 37.9 Å². The molecule has 0 saturated carbocycles. The largest absolute Gasteiger partial charge is 0.390 e. The summed E-state index contributed by atoms with van der Waals surface area (Å²) < 4.78 is 2.29. The lowest BCUT2D eigenvalue weighted by molar-refractivity contribution is 0.103. The van der Waals surface area contributed by atoms with Crippen molar-refractivity contribution >= 4 is 22.5 Å². The van der Waals surface area contributed by atoms with Crippen LogP contribution in [0.2, 0.25) is 5.02 Å². The third-order valence-corrected chi connectivity index (χ3v) is 5.41. The van der Waals surface area contributed by atoms with Gasteiger partial charge in [-0.05, 0) is 50.4 Å². The van der Waals surface area contributed by atoms with Gasteiger partial charge in [-0.25, -0.2) is 0 Å². The molecule has 1 heterocycles. The monoisotopic (exact) mass is 334 g/mol. The Hall–Kier alpha value is -1.03. The smallest absolute Gasteiger partial charge is 0.0845 e. The number of likely N-dealkylation sites (N-methyl/N-ethyl adjacent to an activating group) is 1. The maximum atomic E-state index is 10.6. The van der Waals surface area contributed by atoms with Crippen molar-refractivity contribution in [2.24, 2.45) is 0 Å². The normalized spacial score (nSPS) is 16.0. The number of rotatable bonds is 6. The molecule has 1 aliphatic rings. The highest BCUT2D eigenvalue weighted by atomic mass is 35.5. The van der Waals surface area contributed by atoms with E-state index in [0.717, 1.165) is 36.5 Å². The molecule has 3 rings (SSSR count). The first-order chi connectivity index (χ1) is 11.2. The van der Waals surface area contributed by atoms with Crippen LogP contribution in [0.4, 0.5) is 0 Å². The minimum absolute atomic E-state index is 0.368. The molecule has 126 valence electrons. The van der Waals surface area contributed by atoms with Gasteiger partial charge in [-0.15, -0.1) is 0 Å². The third-order valence-electron chi connectivity index (χ3n) is 5.10. The van der Waals surface area contributed by atoms with Gasteiger partial charge in [0.2, 0.25) is 0 Å². The Morgan fingerprint density at radius 1 is 1.22 bits per heavy atom. The van der Waals surface area contributed by atoms with E-state index >= 15 is 0 Å².